The smallest absolute Gasteiger partial charge is 0.0275 e. The Morgan fingerprint density at radius 1 is 1.50 bits per heavy atom. The summed E-state index contributed by atoms with van der Waals surface area (Å²) in [5, 5.41) is 0. The molecule has 0 fully saturated rings. The Morgan fingerprint density at radius 2 is 2.25 bits per heavy atom. The van der Waals surface area contributed by atoms with Crippen LogP contribution < -0.4 is 0 Å². The molecule has 0 aliphatic heterocycles. The molecule has 0 heteroatoms. The highest BCUT2D eigenvalue weighted by atomic mass is 13.8. The predicted octanol–water partition coefficient (Wildman–Crippen LogP) is 2.91. The van der Waals surface area contributed by atoms with Crippen LogP contribution >= 0.6 is 0 Å². The molecule has 0 amide bonds. The first-order valence-electron chi connectivity index (χ1n) is 3.26. The van der Waals surface area contributed by atoms with Gasteiger partial charge in [-0.05, 0) is 18.9 Å². The summed E-state index contributed by atoms with van der Waals surface area (Å²) in [5.41, 5.74) is 2.75. The standard InChI is InChI=1S/C8H14/c1-3-5-7-8-6-4-2/h5H,1,4,6-8H2,2H3. The fourth-order valence-corrected chi connectivity index (χ4v) is 0.598. The van der Waals surface area contributed by atoms with Gasteiger partial charge in [0.15, 0.2) is 0 Å². The lowest BCUT2D eigenvalue weighted by Gasteiger charge is -1.87. The molecule has 0 saturated heterocycles. The monoisotopic (exact) mass is 110 g/mol. The molecule has 8 heavy (non-hydrogen) atoms. The van der Waals surface area contributed by atoms with Gasteiger partial charge in [0, 0.05) is 0 Å². The Bertz CT molecular complexity index is 76.0. The highest BCUT2D eigenvalue weighted by molar-refractivity contribution is 4.74. The summed E-state index contributed by atoms with van der Waals surface area (Å²) in [7, 11) is 0. The van der Waals surface area contributed by atoms with Gasteiger partial charge in [-0.2, -0.15) is 0 Å². The minimum atomic E-state index is 1.15. The molecule has 0 rings (SSSR count). The number of unbranched alkanes of at least 4 members (excludes halogenated alkanes) is 3. The van der Waals surface area contributed by atoms with E-state index in [1.165, 1.54) is 19.3 Å². The molecule has 0 atom stereocenters. The Hall–Kier alpha value is -0.480. The van der Waals surface area contributed by atoms with E-state index in [0.29, 0.717) is 0 Å². The lowest BCUT2D eigenvalue weighted by atomic mass is 10.2. The van der Waals surface area contributed by atoms with E-state index >= 15 is 0 Å². The van der Waals surface area contributed by atoms with Gasteiger partial charge in [0.05, 0.1) is 0 Å². The highest BCUT2D eigenvalue weighted by Crippen LogP contribution is 1.97. The first kappa shape index (κ1) is 7.52. The van der Waals surface area contributed by atoms with Crippen molar-refractivity contribution in [2.75, 3.05) is 0 Å². The van der Waals surface area contributed by atoms with Crippen molar-refractivity contribution in [2.45, 2.75) is 32.6 Å². The zero-order valence-electron chi connectivity index (χ0n) is 5.61. The van der Waals surface area contributed by atoms with E-state index in [0.717, 1.165) is 6.42 Å². The van der Waals surface area contributed by atoms with Gasteiger partial charge >= 0.3 is 0 Å². The van der Waals surface area contributed by atoms with Crippen LogP contribution in [0.15, 0.2) is 18.4 Å². The van der Waals surface area contributed by atoms with Crippen molar-refractivity contribution in [3.63, 3.8) is 0 Å². The van der Waals surface area contributed by atoms with Gasteiger partial charge in [0.25, 0.3) is 0 Å². The van der Waals surface area contributed by atoms with Gasteiger partial charge in [-0.1, -0.05) is 26.3 Å². The average molecular weight is 110 g/mol. The topological polar surface area (TPSA) is 0 Å². The van der Waals surface area contributed by atoms with E-state index in [-0.39, 0.29) is 0 Å². The molecule has 0 aliphatic carbocycles. The summed E-state index contributed by atoms with van der Waals surface area (Å²) < 4.78 is 0. The van der Waals surface area contributed by atoms with Crippen molar-refractivity contribution in [3.05, 3.63) is 18.4 Å². The van der Waals surface area contributed by atoms with Crippen LogP contribution in [-0.4, -0.2) is 0 Å². The summed E-state index contributed by atoms with van der Waals surface area (Å²) in [6.45, 7) is 5.68. The Labute approximate surface area is 51.9 Å². The minimum Gasteiger partial charge on any atom is -0.133 e. The molecule has 0 radical (unpaired) electrons. The SMILES string of the molecule is C=C=CCCCCC. The van der Waals surface area contributed by atoms with Gasteiger partial charge in [-0.3, -0.25) is 0 Å². The fraction of sp³-hybridized carbons (Fsp3) is 0.625. The molecule has 0 aliphatic rings. The third kappa shape index (κ3) is 5.52. The molecular formula is C8H14. The van der Waals surface area contributed by atoms with Crippen LogP contribution in [-0.2, 0) is 0 Å². The highest BCUT2D eigenvalue weighted by Gasteiger charge is 1.78. The molecule has 0 aromatic rings. The number of hydrogen-bond donors (Lipinski definition) is 0. The molecule has 0 saturated carbocycles. The lowest BCUT2D eigenvalue weighted by Crippen LogP contribution is -1.68. The summed E-state index contributed by atoms with van der Waals surface area (Å²) >= 11 is 0. The van der Waals surface area contributed by atoms with Crippen molar-refractivity contribution in [3.8, 4) is 0 Å². The number of rotatable bonds is 4. The Morgan fingerprint density at radius 3 is 2.75 bits per heavy atom. The van der Waals surface area contributed by atoms with E-state index in [2.05, 4.69) is 19.2 Å². The van der Waals surface area contributed by atoms with Crippen molar-refractivity contribution in [1.29, 1.82) is 0 Å². The van der Waals surface area contributed by atoms with Crippen molar-refractivity contribution >= 4 is 0 Å². The van der Waals surface area contributed by atoms with Gasteiger partial charge in [-0.15, -0.1) is 5.73 Å². The largest absolute Gasteiger partial charge is 0.133 e. The van der Waals surface area contributed by atoms with Crippen molar-refractivity contribution < 1.29 is 0 Å². The van der Waals surface area contributed by atoms with Gasteiger partial charge in [0.1, 0.15) is 0 Å². The Kier molecular flexibility index (Phi) is 6.13. The Balaban J connectivity index is 2.82. The normalized spacial score (nSPS) is 8.12. The molecule has 0 nitrogen and oxygen atoms in total. The van der Waals surface area contributed by atoms with E-state index < -0.39 is 0 Å². The maximum absolute atomic E-state index is 3.48. The third-order valence-corrected chi connectivity index (χ3v) is 1.10. The second-order valence-electron chi connectivity index (χ2n) is 1.90. The molecule has 0 heterocycles. The predicted molar refractivity (Wildman–Crippen MR) is 37.9 cm³/mol. The zero-order chi connectivity index (χ0) is 6.24. The molecule has 0 N–H and O–H groups in total. The summed E-state index contributed by atoms with van der Waals surface area (Å²) in [6.07, 6.45) is 7.06. The number of allylic oxidation sites excluding steroid dienone is 1. The molecular weight excluding hydrogens is 96.1 g/mol. The van der Waals surface area contributed by atoms with Crippen LogP contribution in [0.1, 0.15) is 32.6 Å². The van der Waals surface area contributed by atoms with E-state index in [1.54, 1.807) is 0 Å². The van der Waals surface area contributed by atoms with Crippen LogP contribution in [0.5, 0.6) is 0 Å². The van der Waals surface area contributed by atoms with Crippen LogP contribution in [0.3, 0.4) is 0 Å². The molecule has 0 unspecified atom stereocenters. The molecule has 0 spiro atoms. The summed E-state index contributed by atoms with van der Waals surface area (Å²) in [5.74, 6) is 0. The fourth-order valence-electron chi connectivity index (χ4n) is 0.598. The van der Waals surface area contributed by atoms with Crippen LogP contribution in [0, 0.1) is 0 Å². The zero-order valence-corrected chi connectivity index (χ0v) is 5.61. The second kappa shape index (κ2) is 6.52. The van der Waals surface area contributed by atoms with Crippen LogP contribution in [0.4, 0.5) is 0 Å². The number of hydrogen-bond acceptors (Lipinski definition) is 0. The quantitative estimate of drug-likeness (QED) is 0.385. The third-order valence-electron chi connectivity index (χ3n) is 1.10. The van der Waals surface area contributed by atoms with E-state index in [4.69, 9.17) is 0 Å². The van der Waals surface area contributed by atoms with Crippen LogP contribution in [0.25, 0.3) is 0 Å². The van der Waals surface area contributed by atoms with E-state index in [9.17, 15) is 0 Å². The molecule has 0 aromatic carbocycles. The second-order valence-corrected chi connectivity index (χ2v) is 1.90. The molecule has 0 bridgehead atoms. The summed E-state index contributed by atoms with van der Waals surface area (Å²) in [6, 6.07) is 0. The maximum Gasteiger partial charge on any atom is -0.0275 e. The first-order valence-corrected chi connectivity index (χ1v) is 3.26. The first-order chi connectivity index (χ1) is 3.91. The van der Waals surface area contributed by atoms with Gasteiger partial charge in [-0.25, -0.2) is 0 Å². The van der Waals surface area contributed by atoms with Crippen LogP contribution in [0.2, 0.25) is 0 Å². The maximum atomic E-state index is 3.48. The van der Waals surface area contributed by atoms with Gasteiger partial charge < -0.3 is 0 Å². The molecule has 0 aromatic heterocycles. The lowest BCUT2D eigenvalue weighted by molar-refractivity contribution is 0.729. The van der Waals surface area contributed by atoms with Gasteiger partial charge in [0.2, 0.25) is 0 Å². The average Bonchev–Trinajstić information content (AvgIpc) is 1.81. The minimum absolute atomic E-state index is 1.15. The molecule has 46 valence electrons. The van der Waals surface area contributed by atoms with Crippen molar-refractivity contribution in [1.82, 2.24) is 0 Å². The van der Waals surface area contributed by atoms with Crippen molar-refractivity contribution in [2.24, 2.45) is 0 Å². The summed E-state index contributed by atoms with van der Waals surface area (Å²) in [4.78, 5) is 0. The van der Waals surface area contributed by atoms with E-state index in [1.807, 2.05) is 6.08 Å².